The van der Waals surface area contributed by atoms with Crippen LogP contribution in [0.2, 0.25) is 5.02 Å². The third-order valence-electron chi connectivity index (χ3n) is 6.77. The average molecular weight is 519 g/mol. The molecule has 2 aromatic carbocycles. The molecule has 7 heteroatoms. The van der Waals surface area contributed by atoms with Crippen molar-refractivity contribution >= 4 is 40.6 Å². The number of pyridine rings is 1. The Morgan fingerprint density at radius 2 is 1.68 bits per heavy atom. The fourth-order valence-corrected chi connectivity index (χ4v) is 5.09. The molecule has 0 spiro atoms. The van der Waals surface area contributed by atoms with Crippen LogP contribution < -0.4 is 10.2 Å². The normalized spacial score (nSPS) is 13.0. The van der Waals surface area contributed by atoms with Crippen LogP contribution in [0.1, 0.15) is 62.0 Å². The van der Waals surface area contributed by atoms with Crippen molar-refractivity contribution in [2.24, 2.45) is 0 Å². The van der Waals surface area contributed by atoms with Gasteiger partial charge in [0.25, 0.3) is 5.91 Å². The molecular formula is C30H35ClN4O2. The van der Waals surface area contributed by atoms with Crippen LogP contribution in [0.25, 0.3) is 0 Å². The van der Waals surface area contributed by atoms with Gasteiger partial charge in [-0.15, -0.1) is 0 Å². The molecule has 0 saturated carbocycles. The Bertz CT molecular complexity index is 1250. The number of anilines is 3. The number of aryl methyl sites for hydroxylation is 1. The lowest BCUT2D eigenvalue weighted by molar-refractivity contribution is -0.117. The molecule has 1 aliphatic heterocycles. The number of para-hydroxylation sites is 1. The van der Waals surface area contributed by atoms with Crippen molar-refractivity contribution in [2.45, 2.75) is 65.5 Å². The Hall–Kier alpha value is -3.22. The van der Waals surface area contributed by atoms with E-state index in [2.05, 4.69) is 55.0 Å². The third-order valence-corrected chi connectivity index (χ3v) is 6.98. The molecule has 6 nitrogen and oxygen atoms in total. The van der Waals surface area contributed by atoms with E-state index in [1.807, 2.05) is 18.2 Å². The lowest BCUT2D eigenvalue weighted by Crippen LogP contribution is -2.37. The highest BCUT2D eigenvalue weighted by Gasteiger charge is 2.30. The van der Waals surface area contributed by atoms with Gasteiger partial charge >= 0.3 is 0 Å². The second-order valence-electron chi connectivity index (χ2n) is 10.1. The van der Waals surface area contributed by atoms with Gasteiger partial charge < -0.3 is 5.32 Å². The Labute approximate surface area is 224 Å². The summed E-state index contributed by atoms with van der Waals surface area (Å²) < 4.78 is 0. The molecule has 0 unspecified atom stereocenters. The van der Waals surface area contributed by atoms with Crippen LogP contribution in [-0.4, -0.2) is 40.3 Å². The fourth-order valence-electron chi connectivity index (χ4n) is 4.93. The highest BCUT2D eigenvalue weighted by molar-refractivity contribution is 6.31. The van der Waals surface area contributed by atoms with Crippen LogP contribution in [0.3, 0.4) is 0 Å². The number of carbonyl (C=O) groups is 2. The van der Waals surface area contributed by atoms with Gasteiger partial charge in [-0.05, 0) is 82.8 Å². The van der Waals surface area contributed by atoms with Gasteiger partial charge in [0.15, 0.2) is 5.82 Å². The zero-order valence-corrected chi connectivity index (χ0v) is 22.8. The van der Waals surface area contributed by atoms with Crippen molar-refractivity contribution in [2.75, 3.05) is 16.8 Å². The summed E-state index contributed by atoms with van der Waals surface area (Å²) in [5.74, 6) is -0.109. The maximum absolute atomic E-state index is 13.6. The molecule has 0 atom stereocenters. The molecule has 1 N–H and O–H groups in total. The molecule has 4 rings (SSSR count). The second kappa shape index (κ2) is 11.9. The lowest BCUT2D eigenvalue weighted by Gasteiger charge is -2.30. The van der Waals surface area contributed by atoms with E-state index in [0.717, 1.165) is 31.4 Å². The second-order valence-corrected chi connectivity index (χ2v) is 10.5. The molecule has 0 aliphatic carbocycles. The first kappa shape index (κ1) is 26.8. The van der Waals surface area contributed by atoms with E-state index in [-0.39, 0.29) is 18.2 Å². The summed E-state index contributed by atoms with van der Waals surface area (Å²) in [6.07, 6.45) is 4.98. The fraction of sp³-hybridized carbons (Fsp3) is 0.367. The van der Waals surface area contributed by atoms with Crippen molar-refractivity contribution in [1.82, 2.24) is 9.88 Å². The van der Waals surface area contributed by atoms with Crippen molar-refractivity contribution in [1.29, 1.82) is 0 Å². The SMILES string of the molecule is CC(C)N(CCCCc1ccc(CC(=O)N2c3ccccc3C(=O)Nc3cc(Cl)cnc32)cc1)C(C)C. The highest BCUT2D eigenvalue weighted by atomic mass is 35.5. The molecule has 0 bridgehead atoms. The Kier molecular flexibility index (Phi) is 8.62. The van der Waals surface area contributed by atoms with Gasteiger partial charge in [0.2, 0.25) is 5.91 Å². The summed E-state index contributed by atoms with van der Waals surface area (Å²) in [6, 6.07) is 18.0. The standard InChI is InChI=1S/C30H35ClN4O2/c1-20(2)34(21(3)4)16-8-7-9-22-12-14-23(15-13-22)17-28(36)35-27-11-6-5-10-25(27)30(37)33-26-18-24(31)19-32-29(26)35/h5-6,10-15,18-21H,7-9,16-17H2,1-4H3,(H,33,37). The quantitative estimate of drug-likeness (QED) is 0.322. The maximum atomic E-state index is 13.6. The van der Waals surface area contributed by atoms with Gasteiger partial charge in [-0.25, -0.2) is 4.98 Å². The minimum absolute atomic E-state index is 0.171. The molecule has 0 saturated heterocycles. The molecule has 37 heavy (non-hydrogen) atoms. The number of unbranched alkanes of at least 4 members (excludes halogenated alkanes) is 1. The number of rotatable bonds is 9. The smallest absolute Gasteiger partial charge is 0.257 e. The number of benzene rings is 2. The number of aromatic nitrogens is 1. The zero-order valence-electron chi connectivity index (χ0n) is 22.0. The molecule has 0 radical (unpaired) electrons. The summed E-state index contributed by atoms with van der Waals surface area (Å²) in [5, 5.41) is 3.22. The molecule has 3 aromatic rings. The molecule has 194 valence electrons. The summed E-state index contributed by atoms with van der Waals surface area (Å²) in [6.45, 7) is 10.1. The summed E-state index contributed by atoms with van der Waals surface area (Å²) in [7, 11) is 0. The minimum Gasteiger partial charge on any atom is -0.319 e. The predicted molar refractivity (Wildman–Crippen MR) is 151 cm³/mol. The van der Waals surface area contributed by atoms with E-state index in [9.17, 15) is 9.59 Å². The number of nitrogens with one attached hydrogen (secondary N) is 1. The first-order valence-electron chi connectivity index (χ1n) is 13.0. The monoisotopic (exact) mass is 518 g/mol. The zero-order chi connectivity index (χ0) is 26.5. The van der Waals surface area contributed by atoms with Crippen LogP contribution in [0.15, 0.2) is 60.8 Å². The van der Waals surface area contributed by atoms with Gasteiger partial charge in [-0.1, -0.05) is 48.0 Å². The lowest BCUT2D eigenvalue weighted by atomic mass is 10.0. The summed E-state index contributed by atoms with van der Waals surface area (Å²) >= 11 is 6.13. The van der Waals surface area contributed by atoms with Crippen molar-refractivity contribution in [3.8, 4) is 0 Å². The van der Waals surface area contributed by atoms with Crippen LogP contribution in [0.4, 0.5) is 17.2 Å². The van der Waals surface area contributed by atoms with E-state index in [0.29, 0.717) is 39.9 Å². The maximum Gasteiger partial charge on any atom is 0.257 e. The highest BCUT2D eigenvalue weighted by Crippen LogP contribution is 2.37. The van der Waals surface area contributed by atoms with E-state index in [1.165, 1.54) is 16.7 Å². The van der Waals surface area contributed by atoms with Crippen LogP contribution in [-0.2, 0) is 17.6 Å². The first-order chi connectivity index (χ1) is 17.7. The molecule has 2 amide bonds. The average Bonchev–Trinajstić information content (AvgIpc) is 2.98. The molecule has 1 aliphatic rings. The van der Waals surface area contributed by atoms with E-state index < -0.39 is 0 Å². The molecule has 2 heterocycles. The minimum atomic E-state index is -0.300. The summed E-state index contributed by atoms with van der Waals surface area (Å²) in [4.78, 5) is 34.9. The number of hydrogen-bond donors (Lipinski definition) is 1. The van der Waals surface area contributed by atoms with Crippen LogP contribution in [0.5, 0.6) is 0 Å². The number of halogens is 1. The van der Waals surface area contributed by atoms with Gasteiger partial charge in [-0.2, -0.15) is 0 Å². The van der Waals surface area contributed by atoms with Crippen molar-refractivity contribution in [3.63, 3.8) is 0 Å². The number of fused-ring (bicyclic) bond motifs is 2. The number of amides is 2. The number of nitrogens with zero attached hydrogens (tertiary/aromatic N) is 3. The van der Waals surface area contributed by atoms with Gasteiger partial charge in [-0.3, -0.25) is 19.4 Å². The Morgan fingerprint density at radius 1 is 1.00 bits per heavy atom. The third kappa shape index (κ3) is 6.38. The number of hydrogen-bond acceptors (Lipinski definition) is 4. The van der Waals surface area contributed by atoms with E-state index in [1.54, 1.807) is 24.3 Å². The Balaban J connectivity index is 1.45. The number of carbonyl (C=O) groups excluding carboxylic acids is 2. The molecule has 0 fully saturated rings. The Morgan fingerprint density at radius 3 is 2.38 bits per heavy atom. The molecular weight excluding hydrogens is 484 g/mol. The molecule has 1 aromatic heterocycles. The van der Waals surface area contributed by atoms with Gasteiger partial charge in [0.05, 0.1) is 28.4 Å². The van der Waals surface area contributed by atoms with Gasteiger partial charge in [0, 0.05) is 18.3 Å². The largest absolute Gasteiger partial charge is 0.319 e. The van der Waals surface area contributed by atoms with E-state index >= 15 is 0 Å². The van der Waals surface area contributed by atoms with Crippen molar-refractivity contribution < 1.29 is 9.59 Å². The van der Waals surface area contributed by atoms with Crippen molar-refractivity contribution in [3.05, 3.63) is 82.5 Å². The summed E-state index contributed by atoms with van der Waals surface area (Å²) in [5.41, 5.74) is 3.51. The van der Waals surface area contributed by atoms with Gasteiger partial charge in [0.1, 0.15) is 0 Å². The van der Waals surface area contributed by atoms with Crippen LogP contribution in [0, 0.1) is 0 Å². The van der Waals surface area contributed by atoms with E-state index in [4.69, 9.17) is 11.6 Å². The topological polar surface area (TPSA) is 65.5 Å². The van der Waals surface area contributed by atoms with Crippen LogP contribution >= 0.6 is 11.6 Å². The first-order valence-corrected chi connectivity index (χ1v) is 13.3. The predicted octanol–water partition coefficient (Wildman–Crippen LogP) is 6.65.